The second-order valence-corrected chi connectivity index (χ2v) is 7.33. The Bertz CT molecular complexity index is 817. The number of carbonyl (C=O) groups is 1. The maximum absolute atomic E-state index is 12.7. The van der Waals surface area contributed by atoms with Crippen LogP contribution in [0, 0.1) is 0 Å². The van der Waals surface area contributed by atoms with Gasteiger partial charge in [0.05, 0.1) is 12.2 Å². The number of urea groups is 1. The third-order valence-electron chi connectivity index (χ3n) is 5.15. The Balaban J connectivity index is 1.57. The minimum Gasteiger partial charge on any atom is -0.362 e. The highest BCUT2D eigenvalue weighted by Gasteiger charge is 2.28. The molecule has 7 heteroatoms. The predicted molar refractivity (Wildman–Crippen MR) is 107 cm³/mol. The standard InChI is InChI=1S/C20H26N6O/c1-24(2)18-16-14-26(20(27)21-15-8-4-3-5-9-15)13-10-17(16)22-19(23-18)25-11-6-7-12-25/h3-5,8-9H,6-7,10-14H2,1-2H3,(H,21,27). The molecule has 0 spiro atoms. The number of hydrogen-bond donors (Lipinski definition) is 1. The van der Waals surface area contributed by atoms with Gasteiger partial charge in [0.15, 0.2) is 0 Å². The van der Waals surface area contributed by atoms with Crippen LogP contribution in [0.4, 0.5) is 22.2 Å². The fourth-order valence-corrected chi connectivity index (χ4v) is 3.71. The van der Waals surface area contributed by atoms with E-state index in [0.29, 0.717) is 13.1 Å². The number of hydrogen-bond acceptors (Lipinski definition) is 5. The van der Waals surface area contributed by atoms with Crippen LogP contribution in [0.2, 0.25) is 0 Å². The number of para-hydroxylation sites is 1. The predicted octanol–water partition coefficient (Wildman–Crippen LogP) is 2.73. The van der Waals surface area contributed by atoms with Crippen molar-refractivity contribution in [1.82, 2.24) is 14.9 Å². The first-order chi connectivity index (χ1) is 13.1. The summed E-state index contributed by atoms with van der Waals surface area (Å²) >= 11 is 0. The van der Waals surface area contributed by atoms with E-state index in [9.17, 15) is 4.79 Å². The Labute approximate surface area is 160 Å². The molecule has 27 heavy (non-hydrogen) atoms. The Morgan fingerprint density at radius 1 is 1.07 bits per heavy atom. The van der Waals surface area contributed by atoms with Crippen LogP contribution in [0.5, 0.6) is 0 Å². The van der Waals surface area contributed by atoms with Crippen LogP contribution < -0.4 is 15.1 Å². The molecule has 0 bridgehead atoms. The lowest BCUT2D eigenvalue weighted by Crippen LogP contribution is -2.40. The van der Waals surface area contributed by atoms with E-state index in [-0.39, 0.29) is 6.03 Å². The van der Waals surface area contributed by atoms with Gasteiger partial charge in [-0.05, 0) is 25.0 Å². The number of nitrogens with zero attached hydrogens (tertiary/aromatic N) is 5. The molecule has 2 aliphatic rings. The van der Waals surface area contributed by atoms with Gasteiger partial charge in [0, 0.05) is 51.4 Å². The topological polar surface area (TPSA) is 64.6 Å². The smallest absolute Gasteiger partial charge is 0.322 e. The summed E-state index contributed by atoms with van der Waals surface area (Å²) in [6.07, 6.45) is 3.15. The zero-order valence-electron chi connectivity index (χ0n) is 16.0. The first kappa shape index (κ1) is 17.6. The second kappa shape index (κ2) is 7.42. The highest BCUT2D eigenvalue weighted by molar-refractivity contribution is 5.89. The molecule has 2 aliphatic heterocycles. The number of rotatable bonds is 3. The minimum absolute atomic E-state index is 0.0832. The second-order valence-electron chi connectivity index (χ2n) is 7.33. The average molecular weight is 366 g/mol. The van der Waals surface area contributed by atoms with Crippen molar-refractivity contribution in [2.75, 3.05) is 48.8 Å². The van der Waals surface area contributed by atoms with Gasteiger partial charge >= 0.3 is 6.03 Å². The Morgan fingerprint density at radius 2 is 1.81 bits per heavy atom. The van der Waals surface area contributed by atoms with E-state index in [0.717, 1.165) is 48.2 Å². The van der Waals surface area contributed by atoms with Crippen LogP contribution in [-0.4, -0.2) is 54.6 Å². The molecule has 2 aromatic rings. The number of amides is 2. The zero-order chi connectivity index (χ0) is 18.8. The normalized spacial score (nSPS) is 16.2. The summed E-state index contributed by atoms with van der Waals surface area (Å²) in [4.78, 5) is 28.5. The van der Waals surface area contributed by atoms with Crippen LogP contribution in [0.25, 0.3) is 0 Å². The third-order valence-corrected chi connectivity index (χ3v) is 5.15. The van der Waals surface area contributed by atoms with Crippen molar-refractivity contribution in [3.05, 3.63) is 41.6 Å². The number of fused-ring (bicyclic) bond motifs is 1. The van der Waals surface area contributed by atoms with Gasteiger partial charge in [-0.25, -0.2) is 9.78 Å². The molecule has 4 rings (SSSR count). The molecule has 0 atom stereocenters. The summed E-state index contributed by atoms with van der Waals surface area (Å²) in [5.41, 5.74) is 2.93. The molecule has 0 aliphatic carbocycles. The van der Waals surface area contributed by atoms with E-state index >= 15 is 0 Å². The first-order valence-electron chi connectivity index (χ1n) is 9.55. The fourth-order valence-electron chi connectivity index (χ4n) is 3.71. The van der Waals surface area contributed by atoms with Gasteiger partial charge < -0.3 is 20.0 Å². The molecule has 2 amide bonds. The third kappa shape index (κ3) is 3.67. The van der Waals surface area contributed by atoms with Crippen molar-refractivity contribution in [2.45, 2.75) is 25.8 Å². The van der Waals surface area contributed by atoms with Gasteiger partial charge in [-0.2, -0.15) is 4.98 Å². The first-order valence-corrected chi connectivity index (χ1v) is 9.55. The zero-order valence-corrected chi connectivity index (χ0v) is 16.0. The highest BCUT2D eigenvalue weighted by Crippen LogP contribution is 2.29. The minimum atomic E-state index is -0.0832. The van der Waals surface area contributed by atoms with Crippen molar-refractivity contribution in [3.8, 4) is 0 Å². The molecule has 3 heterocycles. The molecule has 1 aromatic heterocycles. The van der Waals surface area contributed by atoms with Crippen LogP contribution >= 0.6 is 0 Å². The molecule has 0 saturated carbocycles. The molecule has 1 aromatic carbocycles. The SMILES string of the molecule is CN(C)c1nc(N2CCCC2)nc2c1CN(C(=O)Nc1ccccc1)CC2. The van der Waals surface area contributed by atoms with Crippen LogP contribution in [-0.2, 0) is 13.0 Å². The molecule has 1 fully saturated rings. The molecule has 142 valence electrons. The molecule has 1 saturated heterocycles. The van der Waals surface area contributed by atoms with E-state index in [1.807, 2.05) is 54.2 Å². The molecular weight excluding hydrogens is 340 g/mol. The van der Waals surface area contributed by atoms with Crippen LogP contribution in [0.1, 0.15) is 24.1 Å². The summed E-state index contributed by atoms with van der Waals surface area (Å²) in [6.45, 7) is 3.24. The Kier molecular flexibility index (Phi) is 4.83. The van der Waals surface area contributed by atoms with Gasteiger partial charge in [0.1, 0.15) is 5.82 Å². The summed E-state index contributed by atoms with van der Waals surface area (Å²) in [5, 5.41) is 2.97. The molecule has 0 radical (unpaired) electrons. The van der Waals surface area contributed by atoms with Gasteiger partial charge in [-0.15, -0.1) is 0 Å². The lowest BCUT2D eigenvalue weighted by Gasteiger charge is -2.31. The monoisotopic (exact) mass is 366 g/mol. The van der Waals surface area contributed by atoms with Gasteiger partial charge in [-0.1, -0.05) is 18.2 Å². The Morgan fingerprint density at radius 3 is 2.52 bits per heavy atom. The number of anilines is 3. The van der Waals surface area contributed by atoms with Gasteiger partial charge in [0.25, 0.3) is 0 Å². The number of nitrogens with one attached hydrogen (secondary N) is 1. The van der Waals surface area contributed by atoms with Crippen molar-refractivity contribution in [3.63, 3.8) is 0 Å². The summed E-state index contributed by atoms with van der Waals surface area (Å²) in [7, 11) is 4.00. The molecular formula is C20H26N6O. The lowest BCUT2D eigenvalue weighted by atomic mass is 10.1. The molecule has 7 nitrogen and oxygen atoms in total. The van der Waals surface area contributed by atoms with E-state index in [1.54, 1.807) is 0 Å². The highest BCUT2D eigenvalue weighted by atomic mass is 16.2. The van der Waals surface area contributed by atoms with Gasteiger partial charge in [0.2, 0.25) is 5.95 Å². The van der Waals surface area contributed by atoms with E-state index in [2.05, 4.69) is 10.2 Å². The van der Waals surface area contributed by atoms with Crippen molar-refractivity contribution in [1.29, 1.82) is 0 Å². The molecule has 0 unspecified atom stereocenters. The largest absolute Gasteiger partial charge is 0.362 e. The Hall–Kier alpha value is -2.83. The van der Waals surface area contributed by atoms with E-state index < -0.39 is 0 Å². The van der Waals surface area contributed by atoms with Crippen molar-refractivity contribution < 1.29 is 4.79 Å². The van der Waals surface area contributed by atoms with E-state index in [4.69, 9.17) is 9.97 Å². The summed E-state index contributed by atoms with van der Waals surface area (Å²) < 4.78 is 0. The van der Waals surface area contributed by atoms with E-state index in [1.165, 1.54) is 12.8 Å². The van der Waals surface area contributed by atoms with Crippen LogP contribution in [0.3, 0.4) is 0 Å². The maximum Gasteiger partial charge on any atom is 0.322 e. The summed E-state index contributed by atoms with van der Waals surface area (Å²) in [6, 6.07) is 9.47. The fraction of sp³-hybridized carbons (Fsp3) is 0.450. The van der Waals surface area contributed by atoms with Crippen LogP contribution in [0.15, 0.2) is 30.3 Å². The average Bonchev–Trinajstić information content (AvgIpc) is 3.22. The molecule has 1 N–H and O–H groups in total. The number of carbonyl (C=O) groups excluding carboxylic acids is 1. The lowest BCUT2D eigenvalue weighted by molar-refractivity contribution is 0.206. The van der Waals surface area contributed by atoms with Crippen molar-refractivity contribution >= 4 is 23.5 Å². The number of benzene rings is 1. The van der Waals surface area contributed by atoms with Crippen molar-refractivity contribution in [2.24, 2.45) is 0 Å². The van der Waals surface area contributed by atoms with Gasteiger partial charge in [-0.3, -0.25) is 0 Å². The maximum atomic E-state index is 12.7. The number of aromatic nitrogens is 2. The summed E-state index contributed by atoms with van der Waals surface area (Å²) in [5.74, 6) is 1.75. The quantitative estimate of drug-likeness (QED) is 0.905.